The number of hydrogen-bond acceptors (Lipinski definition) is 1. The Labute approximate surface area is 43.4 Å². The van der Waals surface area contributed by atoms with Gasteiger partial charge in [-0.2, -0.15) is 0 Å². The monoisotopic (exact) mass is 156 g/mol. The normalized spacial score (nSPS) is 14.0. The van der Waals surface area contributed by atoms with E-state index in [1.54, 1.807) is 0 Å². The van der Waals surface area contributed by atoms with Gasteiger partial charge in [0, 0.05) is 0 Å². The van der Waals surface area contributed by atoms with Crippen molar-refractivity contribution >= 4 is 33.8 Å². The number of hydrogen-bond donors (Lipinski definition) is 0. The molecule has 0 N–H and O–H groups in total. The van der Waals surface area contributed by atoms with Crippen LogP contribution in [0.3, 0.4) is 0 Å². The molecule has 0 unspecified atom stereocenters. The third-order valence-electron chi connectivity index (χ3n) is 0.103. The van der Waals surface area contributed by atoms with E-state index in [1.165, 1.54) is 0 Å². The van der Waals surface area contributed by atoms with Crippen LogP contribution in [0, 0.1) is 0 Å². The van der Waals surface area contributed by atoms with E-state index in [-0.39, 0.29) is 0 Å². The zero-order valence-electron chi connectivity index (χ0n) is 2.32. The van der Waals surface area contributed by atoms with Gasteiger partial charge >= 0.3 is 0 Å². The highest BCUT2D eigenvalue weighted by molar-refractivity contribution is 9.10. The fourth-order valence-corrected chi connectivity index (χ4v) is 0. The molecule has 0 aromatic carbocycles. The lowest BCUT2D eigenvalue weighted by Gasteiger charge is -1.73. The van der Waals surface area contributed by atoms with Crippen LogP contribution in [0.15, 0.2) is 0 Å². The van der Waals surface area contributed by atoms with E-state index < -0.39 is 4.29 Å². The Kier molecular flexibility index (Phi) is 2.90. The lowest BCUT2D eigenvalue weighted by Crippen LogP contribution is -1.80. The maximum atomic E-state index is 9.33. The molecule has 0 aromatic heterocycles. The van der Waals surface area contributed by atoms with Gasteiger partial charge in [0.1, 0.15) is 10.6 Å². The summed E-state index contributed by atoms with van der Waals surface area (Å²) in [5.74, 6) is 0. The van der Waals surface area contributed by atoms with Crippen molar-refractivity contribution in [2.75, 3.05) is 0 Å². The van der Waals surface area contributed by atoms with Gasteiger partial charge in [-0.3, -0.25) is 0 Å². The first-order valence-corrected chi connectivity index (χ1v) is 2.36. The molecule has 0 heterocycles. The second-order valence-electron chi connectivity index (χ2n) is 0.471. The molecule has 5 heavy (non-hydrogen) atoms. The summed E-state index contributed by atoms with van der Waals surface area (Å²) in [4.78, 5) is 9.33. The molecule has 3 heteroatoms. The van der Waals surface area contributed by atoms with Crippen LogP contribution < -0.4 is 0 Å². The molecule has 0 aliphatic carbocycles. The van der Waals surface area contributed by atoms with Crippen LogP contribution in [0.25, 0.3) is 0 Å². The first kappa shape index (κ1) is 5.44. The second kappa shape index (κ2) is 2.67. The Hall–Kier alpha value is 0.440. The fourth-order valence-electron chi connectivity index (χ4n) is 0. The van der Waals surface area contributed by atoms with Crippen LogP contribution >= 0.6 is 27.5 Å². The van der Waals surface area contributed by atoms with Crippen LogP contribution in [0.4, 0.5) is 0 Å². The molecule has 0 bridgehead atoms. The van der Waals surface area contributed by atoms with E-state index >= 15 is 0 Å². The molecule has 0 saturated carbocycles. The van der Waals surface area contributed by atoms with Crippen LogP contribution in [0.1, 0.15) is 0 Å². The average Bonchev–Trinajstić information content (AvgIpc) is 1.38. The van der Waals surface area contributed by atoms with Crippen LogP contribution in [0.5, 0.6) is 0 Å². The molecule has 0 radical (unpaired) electrons. The van der Waals surface area contributed by atoms with Crippen LogP contribution in [-0.4, -0.2) is 10.6 Å². The van der Waals surface area contributed by atoms with Gasteiger partial charge in [0.15, 0.2) is 0 Å². The molecule has 0 aromatic rings. The Balaban J connectivity index is 2.83. The van der Waals surface area contributed by atoms with Crippen LogP contribution in [-0.2, 0) is 4.79 Å². The summed E-state index contributed by atoms with van der Waals surface area (Å²) in [5, 5.41) is 0. The zero-order valence-corrected chi connectivity index (χ0v) is 4.66. The first-order chi connectivity index (χ1) is 2.27. The predicted octanol–water partition coefficient (Wildman–Crippen LogP) is 1.15. The third kappa shape index (κ3) is 4.44. The van der Waals surface area contributed by atoms with E-state index in [4.69, 9.17) is 11.6 Å². The minimum absolute atomic E-state index is 0.512. The van der Waals surface area contributed by atoms with Gasteiger partial charge in [-0.15, -0.1) is 11.6 Å². The summed E-state index contributed by atoms with van der Waals surface area (Å²) < 4.78 is -0.512. The van der Waals surface area contributed by atoms with E-state index in [1.807, 2.05) is 0 Å². The van der Waals surface area contributed by atoms with Gasteiger partial charge < -0.3 is 4.79 Å². The van der Waals surface area contributed by atoms with Crippen molar-refractivity contribution in [3.05, 3.63) is 0 Å². The number of carbonyl (C=O) groups is 1. The Morgan fingerprint density at radius 1 is 2.00 bits per heavy atom. The van der Waals surface area contributed by atoms with Gasteiger partial charge in [0.05, 0.1) is 0 Å². The number of aldehydes is 1. The molecule has 0 fully saturated rings. The van der Waals surface area contributed by atoms with Crippen molar-refractivity contribution in [3.63, 3.8) is 0 Å². The highest BCUT2D eigenvalue weighted by atomic mass is 79.9. The Morgan fingerprint density at radius 3 is 2.20 bits per heavy atom. The lowest BCUT2D eigenvalue weighted by molar-refractivity contribution is -0.106. The molecular formula is C2H2BrClO. The highest BCUT2D eigenvalue weighted by Gasteiger charge is 1.86. The van der Waals surface area contributed by atoms with Gasteiger partial charge in [-0.05, 0) is 0 Å². The van der Waals surface area contributed by atoms with Gasteiger partial charge in [-0.25, -0.2) is 0 Å². The standard InChI is InChI=1S/C2H2BrClO/c3-2(4)1-5/h1-2H/t2-/m0/s1. The molecule has 1 atom stereocenters. The summed E-state index contributed by atoms with van der Waals surface area (Å²) in [6, 6.07) is 0. The molecule has 1 nitrogen and oxygen atoms in total. The topological polar surface area (TPSA) is 17.1 Å². The quantitative estimate of drug-likeness (QED) is 0.412. The molecule has 0 aliphatic heterocycles. The molecule has 0 rings (SSSR count). The molecule has 0 saturated heterocycles. The largest absolute Gasteiger partial charge is 0.301 e. The maximum absolute atomic E-state index is 9.33. The molecule has 0 spiro atoms. The predicted molar refractivity (Wildman–Crippen MR) is 24.6 cm³/mol. The smallest absolute Gasteiger partial charge is 0.148 e. The van der Waals surface area contributed by atoms with Crippen molar-refractivity contribution in [1.29, 1.82) is 0 Å². The average molecular weight is 157 g/mol. The molecule has 30 valence electrons. The van der Waals surface area contributed by atoms with Crippen molar-refractivity contribution in [3.8, 4) is 0 Å². The van der Waals surface area contributed by atoms with Crippen molar-refractivity contribution in [2.45, 2.75) is 4.29 Å². The third-order valence-corrected chi connectivity index (χ3v) is 0.422. The van der Waals surface area contributed by atoms with Gasteiger partial charge in [0.2, 0.25) is 0 Å². The lowest BCUT2D eigenvalue weighted by atomic mass is 10.9. The van der Waals surface area contributed by atoms with E-state index in [0.717, 1.165) is 0 Å². The number of rotatable bonds is 1. The van der Waals surface area contributed by atoms with Gasteiger partial charge in [-0.1, -0.05) is 15.9 Å². The number of alkyl halides is 2. The SMILES string of the molecule is O=C[C@H](Cl)Br. The van der Waals surface area contributed by atoms with E-state index in [0.29, 0.717) is 6.29 Å². The highest BCUT2D eigenvalue weighted by Crippen LogP contribution is 1.97. The summed E-state index contributed by atoms with van der Waals surface area (Å²) >= 11 is 7.78. The Morgan fingerprint density at radius 2 is 2.20 bits per heavy atom. The minimum atomic E-state index is -0.512. The van der Waals surface area contributed by atoms with Gasteiger partial charge in [0.25, 0.3) is 0 Å². The summed E-state index contributed by atoms with van der Waals surface area (Å²) in [7, 11) is 0. The summed E-state index contributed by atoms with van der Waals surface area (Å²) in [6.07, 6.45) is 0.599. The minimum Gasteiger partial charge on any atom is -0.301 e. The number of halogens is 2. The van der Waals surface area contributed by atoms with E-state index in [2.05, 4.69) is 15.9 Å². The van der Waals surface area contributed by atoms with Crippen molar-refractivity contribution in [1.82, 2.24) is 0 Å². The fraction of sp³-hybridized carbons (Fsp3) is 0.500. The summed E-state index contributed by atoms with van der Waals surface area (Å²) in [5.41, 5.74) is 0. The van der Waals surface area contributed by atoms with Crippen molar-refractivity contribution < 1.29 is 4.79 Å². The molecular weight excluding hydrogens is 155 g/mol. The summed E-state index contributed by atoms with van der Waals surface area (Å²) in [6.45, 7) is 0. The first-order valence-electron chi connectivity index (χ1n) is 1.01. The number of carbonyl (C=O) groups excluding carboxylic acids is 1. The van der Waals surface area contributed by atoms with Crippen LogP contribution in [0.2, 0.25) is 0 Å². The molecule has 0 amide bonds. The molecule has 0 aliphatic rings. The van der Waals surface area contributed by atoms with E-state index in [9.17, 15) is 4.79 Å². The maximum Gasteiger partial charge on any atom is 0.148 e. The zero-order chi connectivity index (χ0) is 4.28. The van der Waals surface area contributed by atoms with Crippen molar-refractivity contribution in [2.24, 2.45) is 0 Å². The second-order valence-corrected chi connectivity index (χ2v) is 2.45. The Bertz CT molecular complexity index is 36.6.